The van der Waals surface area contributed by atoms with Crippen LogP contribution < -0.4 is 5.73 Å². The molecule has 3 N–H and O–H groups in total. The molecule has 0 heterocycles. The summed E-state index contributed by atoms with van der Waals surface area (Å²) in [7, 11) is 0. The largest absolute Gasteiger partial charge is 0.384 e. The maximum Gasteiger partial charge on any atom is 0.162 e. The van der Waals surface area contributed by atoms with E-state index in [9.17, 15) is 4.79 Å². The molecule has 1 aliphatic rings. The van der Waals surface area contributed by atoms with Crippen LogP contribution in [0.25, 0.3) is 0 Å². The topological polar surface area (TPSA) is 63.3 Å². The van der Waals surface area contributed by atoms with Gasteiger partial charge in [0.15, 0.2) is 5.78 Å². The highest BCUT2D eigenvalue weighted by molar-refractivity contribution is 5.84. The van der Waals surface area contributed by atoms with Crippen LogP contribution in [0.4, 0.5) is 0 Å². The molecule has 1 rings (SSSR count). The number of aliphatic hydroxyl groups excluding tert-OH is 1. The average molecular weight is 129 g/mol. The minimum Gasteiger partial charge on any atom is -0.384 e. The molecule has 3 heteroatoms. The number of aliphatic hydroxyl groups is 1. The first-order valence-corrected chi connectivity index (χ1v) is 3.18. The van der Waals surface area contributed by atoms with Crippen molar-refractivity contribution in [2.75, 3.05) is 0 Å². The van der Waals surface area contributed by atoms with Crippen LogP contribution >= 0.6 is 0 Å². The SMILES string of the molecule is NC1CCCC(=O)C1O. The molecule has 0 aliphatic heterocycles. The second kappa shape index (κ2) is 2.45. The summed E-state index contributed by atoms with van der Waals surface area (Å²) in [5, 5.41) is 8.97. The molecule has 0 aromatic rings. The highest BCUT2D eigenvalue weighted by Gasteiger charge is 2.26. The summed E-state index contributed by atoms with van der Waals surface area (Å²) in [5.41, 5.74) is 5.40. The highest BCUT2D eigenvalue weighted by atomic mass is 16.3. The van der Waals surface area contributed by atoms with Gasteiger partial charge in [0.2, 0.25) is 0 Å². The van der Waals surface area contributed by atoms with E-state index in [0.29, 0.717) is 6.42 Å². The van der Waals surface area contributed by atoms with Gasteiger partial charge >= 0.3 is 0 Å². The maximum atomic E-state index is 10.7. The van der Waals surface area contributed by atoms with Crippen LogP contribution in [0.2, 0.25) is 0 Å². The maximum absolute atomic E-state index is 10.7. The monoisotopic (exact) mass is 129 g/mol. The van der Waals surface area contributed by atoms with E-state index < -0.39 is 6.10 Å². The second-order valence-electron chi connectivity index (χ2n) is 2.47. The van der Waals surface area contributed by atoms with E-state index in [1.807, 2.05) is 0 Å². The lowest BCUT2D eigenvalue weighted by molar-refractivity contribution is -0.130. The van der Waals surface area contributed by atoms with Crippen molar-refractivity contribution < 1.29 is 9.90 Å². The first-order chi connectivity index (χ1) is 4.22. The number of hydrogen-bond acceptors (Lipinski definition) is 3. The van der Waals surface area contributed by atoms with Crippen LogP contribution in [0.15, 0.2) is 0 Å². The summed E-state index contributed by atoms with van der Waals surface area (Å²) in [6, 6.07) is -0.314. The molecule has 2 atom stereocenters. The number of ketones is 1. The van der Waals surface area contributed by atoms with Gasteiger partial charge in [-0.25, -0.2) is 0 Å². The summed E-state index contributed by atoms with van der Waals surface area (Å²) in [5.74, 6) is -0.103. The molecule has 1 aliphatic carbocycles. The van der Waals surface area contributed by atoms with Crippen LogP contribution in [0.3, 0.4) is 0 Å². The normalized spacial score (nSPS) is 36.9. The number of rotatable bonds is 0. The van der Waals surface area contributed by atoms with Gasteiger partial charge in [0.1, 0.15) is 6.10 Å². The zero-order chi connectivity index (χ0) is 6.85. The smallest absolute Gasteiger partial charge is 0.162 e. The van der Waals surface area contributed by atoms with Gasteiger partial charge in [-0.05, 0) is 12.8 Å². The van der Waals surface area contributed by atoms with Crippen molar-refractivity contribution in [3.8, 4) is 0 Å². The van der Waals surface area contributed by atoms with Crippen molar-refractivity contribution in [1.29, 1.82) is 0 Å². The first-order valence-electron chi connectivity index (χ1n) is 3.18. The Labute approximate surface area is 53.9 Å². The molecular weight excluding hydrogens is 118 g/mol. The van der Waals surface area contributed by atoms with Gasteiger partial charge in [-0.15, -0.1) is 0 Å². The second-order valence-corrected chi connectivity index (χ2v) is 2.47. The Morgan fingerprint density at radius 3 is 2.78 bits per heavy atom. The van der Waals surface area contributed by atoms with Gasteiger partial charge in [0.05, 0.1) is 0 Å². The van der Waals surface area contributed by atoms with Crippen molar-refractivity contribution in [3.05, 3.63) is 0 Å². The van der Waals surface area contributed by atoms with Crippen molar-refractivity contribution in [3.63, 3.8) is 0 Å². The van der Waals surface area contributed by atoms with Crippen LogP contribution in [0.5, 0.6) is 0 Å². The van der Waals surface area contributed by atoms with E-state index in [2.05, 4.69) is 0 Å². The van der Waals surface area contributed by atoms with Crippen molar-refractivity contribution in [2.24, 2.45) is 5.73 Å². The van der Waals surface area contributed by atoms with Crippen LogP contribution in [-0.4, -0.2) is 23.0 Å². The Kier molecular flexibility index (Phi) is 1.83. The lowest BCUT2D eigenvalue weighted by atomic mass is 9.92. The molecule has 9 heavy (non-hydrogen) atoms. The number of carbonyl (C=O) groups is 1. The van der Waals surface area contributed by atoms with Crippen LogP contribution in [0, 0.1) is 0 Å². The van der Waals surface area contributed by atoms with E-state index in [4.69, 9.17) is 10.8 Å². The Morgan fingerprint density at radius 1 is 1.67 bits per heavy atom. The Balaban J connectivity index is 2.51. The van der Waals surface area contributed by atoms with E-state index >= 15 is 0 Å². The lowest BCUT2D eigenvalue weighted by Crippen LogP contribution is -2.43. The zero-order valence-electron chi connectivity index (χ0n) is 5.21. The minimum absolute atomic E-state index is 0.103. The third-order valence-corrected chi connectivity index (χ3v) is 1.70. The Hall–Kier alpha value is -0.410. The van der Waals surface area contributed by atoms with Gasteiger partial charge in [-0.1, -0.05) is 0 Å². The van der Waals surface area contributed by atoms with Crippen LogP contribution in [0.1, 0.15) is 19.3 Å². The standard InChI is InChI=1S/C6H11NO2/c7-4-2-1-3-5(8)6(4)9/h4,6,9H,1-3,7H2. The van der Waals surface area contributed by atoms with Crippen LogP contribution in [-0.2, 0) is 4.79 Å². The molecule has 1 saturated carbocycles. The molecule has 0 amide bonds. The first kappa shape index (κ1) is 6.71. The summed E-state index contributed by atoms with van der Waals surface area (Å²) >= 11 is 0. The third kappa shape index (κ3) is 1.28. The van der Waals surface area contributed by atoms with Crippen molar-refractivity contribution in [2.45, 2.75) is 31.4 Å². The van der Waals surface area contributed by atoms with Crippen molar-refractivity contribution in [1.82, 2.24) is 0 Å². The molecule has 0 bridgehead atoms. The predicted octanol–water partition coefficient (Wildman–Crippen LogP) is -0.572. The predicted molar refractivity (Wildman–Crippen MR) is 32.8 cm³/mol. The summed E-state index contributed by atoms with van der Waals surface area (Å²) in [6.07, 6.45) is 1.21. The fraction of sp³-hybridized carbons (Fsp3) is 0.833. The van der Waals surface area contributed by atoms with E-state index in [1.54, 1.807) is 0 Å². The molecule has 0 aromatic carbocycles. The minimum atomic E-state index is -0.890. The molecule has 3 nitrogen and oxygen atoms in total. The summed E-state index contributed by atoms with van der Waals surface area (Å²) < 4.78 is 0. The molecule has 52 valence electrons. The molecule has 1 fully saturated rings. The van der Waals surface area contributed by atoms with Gasteiger partial charge in [-0.2, -0.15) is 0 Å². The molecular formula is C6H11NO2. The number of nitrogens with two attached hydrogens (primary N) is 1. The van der Waals surface area contributed by atoms with Gasteiger partial charge < -0.3 is 10.8 Å². The fourth-order valence-electron chi connectivity index (χ4n) is 1.06. The molecule has 0 spiro atoms. The van der Waals surface area contributed by atoms with Crippen molar-refractivity contribution >= 4 is 5.78 Å². The van der Waals surface area contributed by atoms with Gasteiger partial charge in [-0.3, -0.25) is 4.79 Å². The van der Waals surface area contributed by atoms with Gasteiger partial charge in [0, 0.05) is 12.5 Å². The average Bonchev–Trinajstić information content (AvgIpc) is 1.83. The summed E-state index contributed by atoms with van der Waals surface area (Å²) in [6.45, 7) is 0. The number of carbonyl (C=O) groups excluding carboxylic acids is 1. The van der Waals surface area contributed by atoms with E-state index in [1.165, 1.54) is 0 Å². The van der Waals surface area contributed by atoms with E-state index in [-0.39, 0.29) is 11.8 Å². The van der Waals surface area contributed by atoms with E-state index in [0.717, 1.165) is 12.8 Å². The lowest BCUT2D eigenvalue weighted by Gasteiger charge is -2.21. The third-order valence-electron chi connectivity index (χ3n) is 1.70. The Bertz CT molecular complexity index is 124. The van der Waals surface area contributed by atoms with Gasteiger partial charge in [0.25, 0.3) is 0 Å². The zero-order valence-corrected chi connectivity index (χ0v) is 5.21. The summed E-state index contributed by atoms with van der Waals surface area (Å²) in [4.78, 5) is 10.7. The highest BCUT2D eigenvalue weighted by Crippen LogP contribution is 2.12. The quantitative estimate of drug-likeness (QED) is 0.460. The Morgan fingerprint density at radius 2 is 2.33 bits per heavy atom. The number of Topliss-reactive ketones (excluding diaryl/α,β-unsaturated/α-hetero) is 1. The molecule has 0 saturated heterocycles. The molecule has 0 aromatic heterocycles. The number of hydrogen-bond donors (Lipinski definition) is 2. The molecule has 0 radical (unpaired) electrons. The molecule has 2 unspecified atom stereocenters. The fourth-order valence-corrected chi connectivity index (χ4v) is 1.06.